The second kappa shape index (κ2) is 9.32. The van der Waals surface area contributed by atoms with E-state index in [0.29, 0.717) is 48.3 Å². The Hall–Kier alpha value is -3.22. The molecule has 0 bridgehead atoms. The molecule has 1 aliphatic heterocycles. The SMILES string of the molecule is CCOc1ccccc1C(=O)N[C@H](C(=O)Nc1ccc2c(c1)OCCO2)C(C)C. The van der Waals surface area contributed by atoms with Crippen LogP contribution in [0, 0.1) is 5.92 Å². The van der Waals surface area contributed by atoms with Gasteiger partial charge in [0.2, 0.25) is 5.91 Å². The number of carbonyl (C=O) groups is 2. The van der Waals surface area contributed by atoms with Crippen molar-refractivity contribution >= 4 is 17.5 Å². The molecule has 0 spiro atoms. The number of hydrogen-bond donors (Lipinski definition) is 2. The molecular formula is C22H26N2O5. The molecule has 0 saturated heterocycles. The smallest absolute Gasteiger partial charge is 0.255 e. The molecule has 29 heavy (non-hydrogen) atoms. The lowest BCUT2D eigenvalue weighted by atomic mass is 10.0. The Morgan fingerprint density at radius 3 is 2.52 bits per heavy atom. The van der Waals surface area contributed by atoms with Crippen molar-refractivity contribution in [2.45, 2.75) is 26.8 Å². The number of amides is 2. The summed E-state index contributed by atoms with van der Waals surface area (Å²) in [6.07, 6.45) is 0. The van der Waals surface area contributed by atoms with Gasteiger partial charge in [0.05, 0.1) is 12.2 Å². The molecular weight excluding hydrogens is 372 g/mol. The summed E-state index contributed by atoms with van der Waals surface area (Å²) in [5.74, 6) is 0.946. The molecule has 0 radical (unpaired) electrons. The zero-order valence-corrected chi connectivity index (χ0v) is 16.9. The molecule has 7 nitrogen and oxygen atoms in total. The van der Waals surface area contributed by atoms with E-state index in [1.807, 2.05) is 20.8 Å². The molecule has 0 saturated carbocycles. The molecule has 1 atom stereocenters. The molecule has 2 aromatic carbocycles. The zero-order chi connectivity index (χ0) is 20.8. The van der Waals surface area contributed by atoms with Crippen LogP contribution in [0.1, 0.15) is 31.1 Å². The molecule has 2 N–H and O–H groups in total. The van der Waals surface area contributed by atoms with Crippen LogP contribution in [0.25, 0.3) is 0 Å². The van der Waals surface area contributed by atoms with Crippen molar-refractivity contribution in [1.82, 2.24) is 5.32 Å². The van der Waals surface area contributed by atoms with Crippen molar-refractivity contribution in [3.8, 4) is 17.2 Å². The van der Waals surface area contributed by atoms with E-state index in [1.54, 1.807) is 42.5 Å². The highest BCUT2D eigenvalue weighted by Gasteiger charge is 2.26. The number of hydrogen-bond acceptors (Lipinski definition) is 5. The topological polar surface area (TPSA) is 85.9 Å². The van der Waals surface area contributed by atoms with Crippen LogP contribution in [0.4, 0.5) is 5.69 Å². The van der Waals surface area contributed by atoms with E-state index in [0.717, 1.165) is 0 Å². The van der Waals surface area contributed by atoms with Gasteiger partial charge < -0.3 is 24.8 Å². The highest BCUT2D eigenvalue weighted by molar-refractivity contribution is 6.02. The molecule has 0 aromatic heterocycles. The predicted molar refractivity (Wildman–Crippen MR) is 110 cm³/mol. The Bertz CT molecular complexity index is 881. The first-order valence-electron chi connectivity index (χ1n) is 9.72. The minimum Gasteiger partial charge on any atom is -0.493 e. The Labute approximate surface area is 170 Å². The fourth-order valence-electron chi connectivity index (χ4n) is 3.03. The first-order valence-corrected chi connectivity index (χ1v) is 9.72. The summed E-state index contributed by atoms with van der Waals surface area (Å²) in [7, 11) is 0. The van der Waals surface area contributed by atoms with Gasteiger partial charge in [-0.15, -0.1) is 0 Å². The van der Waals surface area contributed by atoms with Gasteiger partial charge in [0.25, 0.3) is 5.91 Å². The molecule has 1 aliphatic rings. The van der Waals surface area contributed by atoms with Crippen LogP contribution in [0.15, 0.2) is 42.5 Å². The van der Waals surface area contributed by atoms with Gasteiger partial charge >= 0.3 is 0 Å². The number of fused-ring (bicyclic) bond motifs is 1. The molecule has 3 rings (SSSR count). The van der Waals surface area contributed by atoms with Gasteiger partial charge in [-0.3, -0.25) is 9.59 Å². The lowest BCUT2D eigenvalue weighted by Gasteiger charge is -2.23. The van der Waals surface area contributed by atoms with Crippen LogP contribution in [-0.4, -0.2) is 37.7 Å². The van der Waals surface area contributed by atoms with Crippen molar-refractivity contribution in [3.05, 3.63) is 48.0 Å². The summed E-state index contributed by atoms with van der Waals surface area (Å²) in [5.41, 5.74) is 0.973. The molecule has 0 unspecified atom stereocenters. The van der Waals surface area contributed by atoms with Crippen LogP contribution >= 0.6 is 0 Å². The number of nitrogens with one attached hydrogen (secondary N) is 2. The van der Waals surface area contributed by atoms with E-state index >= 15 is 0 Å². The van der Waals surface area contributed by atoms with E-state index in [9.17, 15) is 9.59 Å². The van der Waals surface area contributed by atoms with Crippen molar-refractivity contribution in [2.24, 2.45) is 5.92 Å². The zero-order valence-electron chi connectivity index (χ0n) is 16.9. The first-order chi connectivity index (χ1) is 14.0. The molecule has 0 aliphatic carbocycles. The third-order valence-electron chi connectivity index (χ3n) is 4.48. The molecule has 1 heterocycles. The maximum Gasteiger partial charge on any atom is 0.255 e. The van der Waals surface area contributed by atoms with Gasteiger partial charge in [-0.2, -0.15) is 0 Å². The molecule has 154 valence electrons. The number of rotatable bonds is 7. The summed E-state index contributed by atoms with van der Waals surface area (Å²) in [5, 5.41) is 5.68. The van der Waals surface area contributed by atoms with Crippen LogP contribution in [0.3, 0.4) is 0 Å². The van der Waals surface area contributed by atoms with Crippen molar-refractivity contribution in [2.75, 3.05) is 25.1 Å². The van der Waals surface area contributed by atoms with Crippen molar-refractivity contribution < 1.29 is 23.8 Å². The second-order valence-corrected chi connectivity index (χ2v) is 6.97. The second-order valence-electron chi connectivity index (χ2n) is 6.97. The minimum absolute atomic E-state index is 0.115. The summed E-state index contributed by atoms with van der Waals surface area (Å²) in [4.78, 5) is 25.7. The van der Waals surface area contributed by atoms with E-state index in [2.05, 4.69) is 10.6 Å². The maximum atomic E-state index is 12.9. The van der Waals surface area contributed by atoms with E-state index in [-0.39, 0.29) is 17.7 Å². The van der Waals surface area contributed by atoms with E-state index in [1.165, 1.54) is 0 Å². The van der Waals surface area contributed by atoms with Gasteiger partial charge in [-0.05, 0) is 37.1 Å². The van der Waals surface area contributed by atoms with E-state index in [4.69, 9.17) is 14.2 Å². The van der Waals surface area contributed by atoms with Crippen LogP contribution in [0.5, 0.6) is 17.2 Å². The summed E-state index contributed by atoms with van der Waals surface area (Å²) >= 11 is 0. The average Bonchev–Trinajstić information content (AvgIpc) is 2.72. The van der Waals surface area contributed by atoms with Gasteiger partial charge in [-0.25, -0.2) is 0 Å². The highest BCUT2D eigenvalue weighted by Crippen LogP contribution is 2.32. The fourth-order valence-corrected chi connectivity index (χ4v) is 3.03. The van der Waals surface area contributed by atoms with E-state index < -0.39 is 6.04 Å². The first kappa shape index (κ1) is 20.5. The summed E-state index contributed by atoms with van der Waals surface area (Å²) in [6, 6.07) is 11.5. The Kier molecular flexibility index (Phi) is 6.59. The van der Waals surface area contributed by atoms with Gasteiger partial charge in [-0.1, -0.05) is 26.0 Å². The fraction of sp³-hybridized carbons (Fsp3) is 0.364. The lowest BCUT2D eigenvalue weighted by molar-refractivity contribution is -0.118. The normalized spacial score (nSPS) is 13.5. The third kappa shape index (κ3) is 4.99. The number of ether oxygens (including phenoxy) is 3. The quantitative estimate of drug-likeness (QED) is 0.748. The number of anilines is 1. The molecule has 0 fully saturated rings. The predicted octanol–water partition coefficient (Wildman–Crippen LogP) is 3.25. The third-order valence-corrected chi connectivity index (χ3v) is 4.48. The van der Waals surface area contributed by atoms with Gasteiger partial charge in [0.15, 0.2) is 11.5 Å². The standard InChI is InChI=1S/C22H26N2O5/c1-4-27-17-8-6-5-7-16(17)21(25)24-20(14(2)3)22(26)23-15-9-10-18-19(13-15)29-12-11-28-18/h5-10,13-14,20H,4,11-12H2,1-3H3,(H,23,26)(H,24,25)/t20-/m0/s1. The van der Waals surface area contributed by atoms with Crippen LogP contribution in [-0.2, 0) is 4.79 Å². The number of benzene rings is 2. The molecule has 2 aromatic rings. The molecule has 7 heteroatoms. The summed E-state index contributed by atoms with van der Waals surface area (Å²) < 4.78 is 16.6. The maximum absolute atomic E-state index is 12.9. The average molecular weight is 398 g/mol. The van der Waals surface area contributed by atoms with Gasteiger partial charge in [0.1, 0.15) is 25.0 Å². The monoisotopic (exact) mass is 398 g/mol. The number of carbonyl (C=O) groups excluding carboxylic acids is 2. The largest absolute Gasteiger partial charge is 0.493 e. The number of para-hydroxylation sites is 1. The van der Waals surface area contributed by atoms with Gasteiger partial charge in [0, 0.05) is 11.8 Å². The van der Waals surface area contributed by atoms with Crippen LogP contribution in [0.2, 0.25) is 0 Å². The summed E-state index contributed by atoms with van der Waals surface area (Å²) in [6.45, 7) is 7.03. The Morgan fingerprint density at radius 1 is 1.07 bits per heavy atom. The molecule has 2 amide bonds. The van der Waals surface area contributed by atoms with Crippen molar-refractivity contribution in [3.63, 3.8) is 0 Å². The highest BCUT2D eigenvalue weighted by atomic mass is 16.6. The van der Waals surface area contributed by atoms with Crippen molar-refractivity contribution in [1.29, 1.82) is 0 Å². The Balaban J connectivity index is 1.72. The Morgan fingerprint density at radius 2 is 1.79 bits per heavy atom. The van der Waals surface area contributed by atoms with Crippen LogP contribution < -0.4 is 24.8 Å². The minimum atomic E-state index is -0.717. The lowest BCUT2D eigenvalue weighted by Crippen LogP contribution is -2.47.